The topological polar surface area (TPSA) is 44.1 Å². The largest absolute Gasteiger partial charge is 0.365 e. The Balaban J connectivity index is 2.03. The average Bonchev–Trinajstić information content (AvgIpc) is 2.77. The van der Waals surface area contributed by atoms with Gasteiger partial charge in [0.25, 0.3) is 0 Å². The molecule has 0 aliphatic carbocycles. The van der Waals surface area contributed by atoms with E-state index in [1.165, 1.54) is 10.9 Å². The summed E-state index contributed by atoms with van der Waals surface area (Å²) in [5.74, 6) is -0.142. The third-order valence-electron chi connectivity index (χ3n) is 3.36. The first-order valence-corrected chi connectivity index (χ1v) is 6.47. The predicted octanol–water partition coefficient (Wildman–Crippen LogP) is 2.57. The third-order valence-corrected chi connectivity index (χ3v) is 3.64. The molecule has 0 saturated heterocycles. The molecule has 3 rings (SSSR count). The Morgan fingerprint density at radius 2 is 2.26 bits per heavy atom. The summed E-state index contributed by atoms with van der Waals surface area (Å²) in [5, 5.41) is 4.36. The Kier molecular flexibility index (Phi) is 3.12. The maximum Gasteiger partial charge on any atom is 0.215 e. The van der Waals surface area contributed by atoms with E-state index in [0.29, 0.717) is 17.3 Å². The molecular weight excluding hydrogens is 264 g/mol. The molecule has 4 nitrogen and oxygen atoms in total. The van der Waals surface area contributed by atoms with Crippen molar-refractivity contribution in [3.8, 4) is 0 Å². The van der Waals surface area contributed by atoms with E-state index in [0.717, 1.165) is 17.5 Å². The number of ketones is 1. The number of halogens is 1. The fraction of sp³-hybridized carbons (Fsp3) is 0.286. The molecule has 98 valence electrons. The van der Waals surface area contributed by atoms with Crippen molar-refractivity contribution in [1.82, 2.24) is 9.78 Å². The Labute approximate surface area is 115 Å². The maximum absolute atomic E-state index is 12.6. The molecule has 0 amide bonds. The molecule has 1 aromatic heterocycles. The highest BCUT2D eigenvalue weighted by atomic mass is 35.5. The van der Waals surface area contributed by atoms with Crippen molar-refractivity contribution in [2.45, 2.75) is 12.5 Å². The van der Waals surface area contributed by atoms with E-state index in [1.54, 1.807) is 7.05 Å². The first kappa shape index (κ1) is 12.4. The highest BCUT2D eigenvalue weighted by Gasteiger charge is 2.31. The SMILES string of the molecule is Cn1ncc(Cl)c1C(=O)C1OCCc2ccccc21. The summed E-state index contributed by atoms with van der Waals surface area (Å²) in [7, 11) is 1.70. The number of fused-ring (bicyclic) bond motifs is 1. The van der Waals surface area contributed by atoms with Crippen LogP contribution in [-0.4, -0.2) is 22.2 Å². The number of carbonyl (C=O) groups is 1. The van der Waals surface area contributed by atoms with Gasteiger partial charge in [-0.1, -0.05) is 35.9 Å². The van der Waals surface area contributed by atoms with Crippen LogP contribution in [0, 0.1) is 0 Å². The van der Waals surface area contributed by atoms with Gasteiger partial charge in [0.05, 0.1) is 17.8 Å². The quantitative estimate of drug-likeness (QED) is 0.792. The summed E-state index contributed by atoms with van der Waals surface area (Å²) >= 11 is 6.03. The molecule has 1 aromatic carbocycles. The van der Waals surface area contributed by atoms with Gasteiger partial charge >= 0.3 is 0 Å². The second kappa shape index (κ2) is 4.79. The van der Waals surface area contributed by atoms with Crippen LogP contribution >= 0.6 is 11.6 Å². The van der Waals surface area contributed by atoms with Crippen LogP contribution in [0.15, 0.2) is 30.5 Å². The van der Waals surface area contributed by atoms with Crippen LogP contribution in [0.2, 0.25) is 5.02 Å². The van der Waals surface area contributed by atoms with Gasteiger partial charge in [-0.15, -0.1) is 0 Å². The smallest absolute Gasteiger partial charge is 0.215 e. The van der Waals surface area contributed by atoms with E-state index in [4.69, 9.17) is 16.3 Å². The van der Waals surface area contributed by atoms with Crippen molar-refractivity contribution in [2.24, 2.45) is 7.05 Å². The monoisotopic (exact) mass is 276 g/mol. The molecule has 1 aliphatic rings. The first-order valence-electron chi connectivity index (χ1n) is 6.09. The van der Waals surface area contributed by atoms with E-state index in [1.807, 2.05) is 24.3 Å². The number of ether oxygens (including phenoxy) is 1. The molecule has 0 N–H and O–H groups in total. The number of carbonyl (C=O) groups excluding carboxylic acids is 1. The number of rotatable bonds is 2. The van der Waals surface area contributed by atoms with Crippen molar-refractivity contribution in [3.63, 3.8) is 0 Å². The van der Waals surface area contributed by atoms with E-state index in [9.17, 15) is 4.79 Å². The normalized spacial score (nSPS) is 18.1. The van der Waals surface area contributed by atoms with E-state index in [2.05, 4.69) is 5.10 Å². The number of nitrogens with zero attached hydrogens (tertiary/aromatic N) is 2. The molecule has 2 aromatic rings. The molecule has 0 radical (unpaired) electrons. The van der Waals surface area contributed by atoms with Gasteiger partial charge in [0, 0.05) is 7.05 Å². The van der Waals surface area contributed by atoms with Crippen LogP contribution in [0.25, 0.3) is 0 Å². The number of Topliss-reactive ketones (excluding diaryl/α,β-unsaturated/α-hetero) is 1. The Morgan fingerprint density at radius 1 is 1.47 bits per heavy atom. The maximum atomic E-state index is 12.6. The molecule has 1 atom stereocenters. The molecular formula is C14H13ClN2O2. The number of aryl methyl sites for hydroxylation is 1. The lowest BCUT2D eigenvalue weighted by Crippen LogP contribution is -2.25. The molecule has 0 fully saturated rings. The predicted molar refractivity (Wildman–Crippen MR) is 71.4 cm³/mol. The molecule has 5 heteroatoms. The average molecular weight is 277 g/mol. The molecule has 1 unspecified atom stereocenters. The molecule has 1 aliphatic heterocycles. The fourth-order valence-electron chi connectivity index (χ4n) is 2.42. The number of aromatic nitrogens is 2. The van der Waals surface area contributed by atoms with Crippen molar-refractivity contribution in [2.75, 3.05) is 6.61 Å². The zero-order valence-corrected chi connectivity index (χ0v) is 11.2. The van der Waals surface area contributed by atoms with Gasteiger partial charge in [0.15, 0.2) is 0 Å². The summed E-state index contributed by atoms with van der Waals surface area (Å²) in [6.07, 6.45) is 1.72. The summed E-state index contributed by atoms with van der Waals surface area (Å²) in [4.78, 5) is 12.6. The molecule has 0 bridgehead atoms. The van der Waals surface area contributed by atoms with Crippen LogP contribution < -0.4 is 0 Å². The standard InChI is InChI=1S/C14H13ClN2O2/c1-17-12(11(15)8-16-17)13(18)14-10-5-3-2-4-9(10)6-7-19-14/h2-5,8,14H,6-7H2,1H3. The minimum atomic E-state index is -0.585. The Hall–Kier alpha value is -1.65. The number of benzene rings is 1. The Bertz CT molecular complexity index is 617. The molecule has 2 heterocycles. The van der Waals surface area contributed by atoms with E-state index in [-0.39, 0.29) is 5.78 Å². The lowest BCUT2D eigenvalue weighted by atomic mass is 9.94. The van der Waals surface area contributed by atoms with Crippen molar-refractivity contribution in [3.05, 3.63) is 52.3 Å². The zero-order chi connectivity index (χ0) is 13.4. The second-order valence-corrected chi connectivity index (χ2v) is 4.94. The minimum Gasteiger partial charge on any atom is -0.365 e. The van der Waals surface area contributed by atoms with Gasteiger partial charge in [-0.25, -0.2) is 0 Å². The minimum absolute atomic E-state index is 0.142. The summed E-state index contributed by atoms with van der Waals surface area (Å²) in [6.45, 7) is 0.545. The second-order valence-electron chi connectivity index (χ2n) is 4.53. The van der Waals surface area contributed by atoms with Crippen LogP contribution in [0.4, 0.5) is 0 Å². The van der Waals surface area contributed by atoms with Gasteiger partial charge in [0.1, 0.15) is 11.8 Å². The van der Waals surface area contributed by atoms with E-state index < -0.39 is 6.10 Å². The lowest BCUT2D eigenvalue weighted by molar-refractivity contribution is 0.0341. The number of hydrogen-bond acceptors (Lipinski definition) is 3. The van der Waals surface area contributed by atoms with E-state index >= 15 is 0 Å². The van der Waals surface area contributed by atoms with Crippen molar-refractivity contribution >= 4 is 17.4 Å². The summed E-state index contributed by atoms with van der Waals surface area (Å²) < 4.78 is 7.14. The van der Waals surface area contributed by atoms with Crippen molar-refractivity contribution in [1.29, 1.82) is 0 Å². The number of hydrogen-bond donors (Lipinski definition) is 0. The van der Waals surface area contributed by atoms with Crippen LogP contribution in [-0.2, 0) is 18.2 Å². The summed E-state index contributed by atoms with van der Waals surface area (Å²) in [6, 6.07) is 7.85. The van der Waals surface area contributed by atoms with Gasteiger partial charge in [-0.2, -0.15) is 5.10 Å². The van der Waals surface area contributed by atoms with Crippen LogP contribution in [0.1, 0.15) is 27.7 Å². The Morgan fingerprint density at radius 3 is 3.00 bits per heavy atom. The van der Waals surface area contributed by atoms with Gasteiger partial charge in [0.2, 0.25) is 5.78 Å². The van der Waals surface area contributed by atoms with Crippen molar-refractivity contribution < 1.29 is 9.53 Å². The van der Waals surface area contributed by atoms with Crippen LogP contribution in [0.3, 0.4) is 0 Å². The lowest BCUT2D eigenvalue weighted by Gasteiger charge is -2.25. The van der Waals surface area contributed by atoms with Gasteiger partial charge in [-0.05, 0) is 17.5 Å². The highest BCUT2D eigenvalue weighted by Crippen LogP contribution is 2.31. The summed E-state index contributed by atoms with van der Waals surface area (Å²) in [5.41, 5.74) is 2.48. The van der Waals surface area contributed by atoms with Gasteiger partial charge < -0.3 is 4.74 Å². The highest BCUT2D eigenvalue weighted by molar-refractivity contribution is 6.33. The van der Waals surface area contributed by atoms with Gasteiger partial charge in [-0.3, -0.25) is 9.48 Å². The molecule has 0 saturated carbocycles. The first-order chi connectivity index (χ1) is 9.18. The van der Waals surface area contributed by atoms with Crippen LogP contribution in [0.5, 0.6) is 0 Å². The third kappa shape index (κ3) is 2.07. The fourth-order valence-corrected chi connectivity index (χ4v) is 2.68. The molecule has 0 spiro atoms. The zero-order valence-electron chi connectivity index (χ0n) is 10.5. The molecule has 19 heavy (non-hydrogen) atoms.